The summed E-state index contributed by atoms with van der Waals surface area (Å²) in [4.78, 5) is 25.3. The molecule has 130 valence electrons. The number of carbonyl (C=O) groups is 2. The van der Waals surface area contributed by atoms with Gasteiger partial charge in [0.05, 0.1) is 18.6 Å². The number of hydrogen-bond donors (Lipinski definition) is 2. The quantitative estimate of drug-likeness (QED) is 0.869. The van der Waals surface area contributed by atoms with E-state index < -0.39 is 11.9 Å². The number of amides is 2. The third kappa shape index (κ3) is 3.44. The molecule has 2 aliphatic heterocycles. The average Bonchev–Trinajstić information content (AvgIpc) is 2.54. The number of fused-ring (bicyclic) bond motifs is 1. The van der Waals surface area contributed by atoms with E-state index >= 15 is 0 Å². The fourth-order valence-corrected chi connectivity index (χ4v) is 3.45. The minimum absolute atomic E-state index is 0.130. The van der Waals surface area contributed by atoms with Crippen LogP contribution in [0.25, 0.3) is 0 Å². The largest absolute Gasteiger partial charge is 0.493 e. The van der Waals surface area contributed by atoms with E-state index in [2.05, 4.69) is 5.32 Å². The standard InChI is InChI=1S/C17H21FN2O4/c1-10-6-11(16(21)22)9-20(8-10)17(23)19-14-4-5-24-15-3-2-12(18)7-13(14)15/h2-3,7,10-11,14H,4-6,8-9H2,1H3,(H,19,23)(H,21,22). The molecular formula is C17H21FN2O4. The summed E-state index contributed by atoms with van der Waals surface area (Å²) in [5.41, 5.74) is 0.620. The highest BCUT2D eigenvalue weighted by molar-refractivity contribution is 5.77. The number of rotatable bonds is 2. The second kappa shape index (κ2) is 6.67. The molecule has 0 radical (unpaired) electrons. The zero-order valence-corrected chi connectivity index (χ0v) is 13.5. The molecule has 3 unspecified atom stereocenters. The van der Waals surface area contributed by atoms with Crippen molar-refractivity contribution >= 4 is 12.0 Å². The Morgan fingerprint density at radius 3 is 2.92 bits per heavy atom. The molecule has 2 heterocycles. The Morgan fingerprint density at radius 2 is 2.17 bits per heavy atom. The van der Waals surface area contributed by atoms with Crippen LogP contribution in [0.5, 0.6) is 5.75 Å². The van der Waals surface area contributed by atoms with Gasteiger partial charge in [0, 0.05) is 25.1 Å². The van der Waals surface area contributed by atoms with E-state index in [-0.39, 0.29) is 30.4 Å². The first kappa shape index (κ1) is 16.5. The minimum Gasteiger partial charge on any atom is -0.493 e. The molecule has 0 bridgehead atoms. The van der Waals surface area contributed by atoms with Crippen molar-refractivity contribution in [1.29, 1.82) is 0 Å². The monoisotopic (exact) mass is 336 g/mol. The molecule has 24 heavy (non-hydrogen) atoms. The topological polar surface area (TPSA) is 78.9 Å². The summed E-state index contributed by atoms with van der Waals surface area (Å²) >= 11 is 0. The molecule has 0 spiro atoms. The smallest absolute Gasteiger partial charge is 0.317 e. The lowest BCUT2D eigenvalue weighted by atomic mass is 9.90. The first-order chi connectivity index (χ1) is 11.4. The Morgan fingerprint density at radius 1 is 1.38 bits per heavy atom. The van der Waals surface area contributed by atoms with E-state index in [0.29, 0.717) is 37.3 Å². The molecule has 2 aliphatic rings. The molecule has 6 nitrogen and oxygen atoms in total. The van der Waals surface area contributed by atoms with E-state index in [1.54, 1.807) is 11.0 Å². The number of nitrogens with zero attached hydrogens (tertiary/aromatic N) is 1. The van der Waals surface area contributed by atoms with Gasteiger partial charge in [0.15, 0.2) is 0 Å². The van der Waals surface area contributed by atoms with Crippen molar-refractivity contribution in [2.75, 3.05) is 19.7 Å². The van der Waals surface area contributed by atoms with Crippen molar-refractivity contribution in [3.05, 3.63) is 29.6 Å². The first-order valence-electron chi connectivity index (χ1n) is 8.14. The maximum absolute atomic E-state index is 13.5. The molecular weight excluding hydrogens is 315 g/mol. The molecule has 7 heteroatoms. The Labute approximate surface area is 139 Å². The molecule has 2 N–H and O–H groups in total. The summed E-state index contributed by atoms with van der Waals surface area (Å²) in [6.45, 7) is 3.10. The lowest BCUT2D eigenvalue weighted by Gasteiger charge is -2.36. The van der Waals surface area contributed by atoms with Gasteiger partial charge >= 0.3 is 12.0 Å². The van der Waals surface area contributed by atoms with Crippen LogP contribution in [-0.2, 0) is 4.79 Å². The number of benzene rings is 1. The van der Waals surface area contributed by atoms with Gasteiger partial charge in [-0.1, -0.05) is 6.92 Å². The molecule has 1 saturated heterocycles. The van der Waals surface area contributed by atoms with Gasteiger partial charge in [0.25, 0.3) is 0 Å². The van der Waals surface area contributed by atoms with E-state index in [1.807, 2.05) is 6.92 Å². The van der Waals surface area contributed by atoms with Crippen LogP contribution in [-0.4, -0.2) is 41.7 Å². The fraction of sp³-hybridized carbons (Fsp3) is 0.529. The number of ether oxygens (including phenoxy) is 1. The van der Waals surface area contributed by atoms with Crippen molar-refractivity contribution in [2.45, 2.75) is 25.8 Å². The zero-order valence-electron chi connectivity index (χ0n) is 13.5. The van der Waals surface area contributed by atoms with Gasteiger partial charge in [-0.2, -0.15) is 0 Å². The van der Waals surface area contributed by atoms with E-state index in [1.165, 1.54) is 12.1 Å². The summed E-state index contributed by atoms with van der Waals surface area (Å²) in [7, 11) is 0. The van der Waals surface area contributed by atoms with Crippen LogP contribution >= 0.6 is 0 Å². The summed E-state index contributed by atoms with van der Waals surface area (Å²) in [6.07, 6.45) is 1.12. The van der Waals surface area contributed by atoms with Gasteiger partial charge in [-0.3, -0.25) is 4.79 Å². The highest BCUT2D eigenvalue weighted by Gasteiger charge is 2.33. The molecule has 1 aromatic rings. The van der Waals surface area contributed by atoms with Gasteiger partial charge in [-0.25, -0.2) is 9.18 Å². The Hall–Kier alpha value is -2.31. The molecule has 2 amide bonds. The number of hydrogen-bond acceptors (Lipinski definition) is 3. The summed E-state index contributed by atoms with van der Waals surface area (Å²) in [5, 5.41) is 12.1. The number of nitrogens with one attached hydrogen (secondary N) is 1. The van der Waals surface area contributed by atoms with E-state index in [9.17, 15) is 19.1 Å². The number of carboxylic acid groups (broad SMARTS) is 1. The SMILES string of the molecule is CC1CC(C(=O)O)CN(C(=O)NC2CCOc3ccc(F)cc32)C1. The predicted molar refractivity (Wildman–Crippen MR) is 84.3 cm³/mol. The van der Waals surface area contributed by atoms with Crippen molar-refractivity contribution < 1.29 is 23.8 Å². The summed E-state index contributed by atoms with van der Waals surface area (Å²) in [6, 6.07) is 3.62. The van der Waals surface area contributed by atoms with Crippen molar-refractivity contribution in [2.24, 2.45) is 11.8 Å². The summed E-state index contributed by atoms with van der Waals surface area (Å²) < 4.78 is 19.0. The fourth-order valence-electron chi connectivity index (χ4n) is 3.45. The van der Waals surface area contributed by atoms with E-state index in [0.717, 1.165) is 0 Å². The number of halogens is 1. The van der Waals surface area contributed by atoms with Crippen LogP contribution < -0.4 is 10.1 Å². The molecule has 3 rings (SSSR count). The summed E-state index contributed by atoms with van der Waals surface area (Å²) in [5.74, 6) is -1.10. The minimum atomic E-state index is -0.877. The van der Waals surface area contributed by atoms with Gasteiger partial charge in [-0.15, -0.1) is 0 Å². The number of carboxylic acids is 1. The molecule has 0 saturated carbocycles. The van der Waals surface area contributed by atoms with Crippen molar-refractivity contribution in [3.63, 3.8) is 0 Å². The normalized spacial score (nSPS) is 26.2. The molecule has 1 aromatic carbocycles. The van der Waals surface area contributed by atoms with Crippen molar-refractivity contribution in [3.8, 4) is 5.75 Å². The Bertz CT molecular complexity index is 651. The Kier molecular flexibility index (Phi) is 4.59. The first-order valence-corrected chi connectivity index (χ1v) is 8.14. The van der Waals surface area contributed by atoms with Gasteiger partial charge < -0.3 is 20.1 Å². The number of aliphatic carboxylic acids is 1. The van der Waals surface area contributed by atoms with Crippen LogP contribution in [0, 0.1) is 17.7 Å². The number of carbonyl (C=O) groups excluding carboxylic acids is 1. The highest BCUT2D eigenvalue weighted by Crippen LogP contribution is 2.33. The van der Waals surface area contributed by atoms with Gasteiger partial charge in [0.2, 0.25) is 0 Å². The maximum Gasteiger partial charge on any atom is 0.317 e. The number of urea groups is 1. The second-order valence-corrected chi connectivity index (χ2v) is 6.60. The van der Waals surface area contributed by atoms with Gasteiger partial charge in [-0.05, 0) is 30.5 Å². The highest BCUT2D eigenvalue weighted by atomic mass is 19.1. The number of piperidine rings is 1. The molecule has 1 fully saturated rings. The maximum atomic E-state index is 13.5. The van der Waals surface area contributed by atoms with E-state index in [4.69, 9.17) is 4.74 Å². The molecule has 0 aliphatic carbocycles. The average molecular weight is 336 g/mol. The van der Waals surface area contributed by atoms with Crippen LogP contribution in [0.15, 0.2) is 18.2 Å². The second-order valence-electron chi connectivity index (χ2n) is 6.60. The van der Waals surface area contributed by atoms with Crippen LogP contribution in [0.2, 0.25) is 0 Å². The van der Waals surface area contributed by atoms with Gasteiger partial charge in [0.1, 0.15) is 11.6 Å². The Balaban J connectivity index is 1.71. The van der Waals surface area contributed by atoms with Crippen LogP contribution in [0.3, 0.4) is 0 Å². The zero-order chi connectivity index (χ0) is 17.3. The lowest BCUT2D eigenvalue weighted by Crippen LogP contribution is -2.50. The lowest BCUT2D eigenvalue weighted by molar-refractivity contribution is -0.143. The van der Waals surface area contributed by atoms with Crippen LogP contribution in [0.1, 0.15) is 31.4 Å². The third-order valence-corrected chi connectivity index (χ3v) is 4.61. The third-order valence-electron chi connectivity index (χ3n) is 4.61. The number of likely N-dealkylation sites (tertiary alicyclic amines) is 1. The molecule has 3 atom stereocenters. The molecule has 0 aromatic heterocycles. The van der Waals surface area contributed by atoms with Crippen LogP contribution in [0.4, 0.5) is 9.18 Å². The van der Waals surface area contributed by atoms with Crippen molar-refractivity contribution in [1.82, 2.24) is 10.2 Å². The predicted octanol–water partition coefficient (Wildman–Crippen LogP) is 2.40.